The molecule has 2 N–H and O–H groups in total. The van der Waals surface area contributed by atoms with Crippen LogP contribution in [-0.4, -0.2) is 42.7 Å². The molecule has 0 fully saturated rings. The lowest BCUT2D eigenvalue weighted by Gasteiger charge is -2.10. The van der Waals surface area contributed by atoms with Gasteiger partial charge in [0.15, 0.2) is 23.2 Å². The molecule has 0 radical (unpaired) electrons. The number of aromatic nitrogens is 6. The highest BCUT2D eigenvalue weighted by molar-refractivity contribution is 5.95. The molecule has 0 aliphatic heterocycles. The number of rotatable bonds is 8. The van der Waals surface area contributed by atoms with Crippen LogP contribution in [0.15, 0.2) is 55.1 Å². The number of halogens is 1. The van der Waals surface area contributed by atoms with Crippen molar-refractivity contribution in [1.82, 2.24) is 35.0 Å². The number of nitrogens with one attached hydrogen (secondary N) is 2. The van der Waals surface area contributed by atoms with Gasteiger partial charge in [0.2, 0.25) is 0 Å². The van der Waals surface area contributed by atoms with Crippen LogP contribution >= 0.6 is 0 Å². The van der Waals surface area contributed by atoms with Gasteiger partial charge in [0.25, 0.3) is 5.91 Å². The first-order chi connectivity index (χ1) is 16.1. The molecule has 0 atom stereocenters. The van der Waals surface area contributed by atoms with Gasteiger partial charge in [-0.1, -0.05) is 6.07 Å². The standard InChI is InChI=1S/C22H21FN8O2/c1-31-19(29-30-21(31)16-6-8-24-13-28-16)12-26-15-5-3-4-14(10-15)22(32)27-11-17-20(23)18(33-2)7-9-25-17/h3-10,13,26H,11-12H2,1-2H3,(H,27,32). The molecule has 1 amide bonds. The Bertz CT molecular complexity index is 1260. The summed E-state index contributed by atoms with van der Waals surface area (Å²) in [5.41, 5.74) is 1.91. The zero-order valence-corrected chi connectivity index (χ0v) is 18.0. The van der Waals surface area contributed by atoms with Gasteiger partial charge in [-0.25, -0.2) is 14.4 Å². The fraction of sp³-hybridized carbons (Fsp3) is 0.182. The third-order valence-electron chi connectivity index (χ3n) is 4.91. The van der Waals surface area contributed by atoms with Crippen LogP contribution in [0.2, 0.25) is 0 Å². The Morgan fingerprint density at radius 1 is 1.12 bits per heavy atom. The van der Waals surface area contributed by atoms with E-state index < -0.39 is 5.82 Å². The molecule has 33 heavy (non-hydrogen) atoms. The molecule has 0 spiro atoms. The monoisotopic (exact) mass is 448 g/mol. The zero-order valence-electron chi connectivity index (χ0n) is 18.0. The number of ether oxygens (including phenoxy) is 1. The summed E-state index contributed by atoms with van der Waals surface area (Å²) in [6, 6.07) is 10.1. The Morgan fingerprint density at radius 3 is 2.79 bits per heavy atom. The number of hydrogen-bond donors (Lipinski definition) is 2. The number of anilines is 1. The fourth-order valence-corrected chi connectivity index (χ4v) is 3.13. The Kier molecular flexibility index (Phi) is 6.48. The second-order valence-electron chi connectivity index (χ2n) is 6.98. The van der Waals surface area contributed by atoms with Crippen molar-refractivity contribution >= 4 is 11.6 Å². The number of amides is 1. The van der Waals surface area contributed by atoms with Crippen molar-refractivity contribution in [2.45, 2.75) is 13.1 Å². The minimum Gasteiger partial charge on any atom is -0.494 e. The number of carbonyl (C=O) groups excluding carboxylic acids is 1. The minimum atomic E-state index is -0.597. The van der Waals surface area contributed by atoms with Gasteiger partial charge in [-0.15, -0.1) is 10.2 Å². The van der Waals surface area contributed by atoms with E-state index in [1.807, 2.05) is 17.7 Å². The molecule has 1 aromatic carbocycles. The smallest absolute Gasteiger partial charge is 0.251 e. The van der Waals surface area contributed by atoms with Crippen LogP contribution in [0.4, 0.5) is 10.1 Å². The van der Waals surface area contributed by atoms with Crippen LogP contribution in [-0.2, 0) is 20.1 Å². The van der Waals surface area contributed by atoms with Crippen molar-refractivity contribution < 1.29 is 13.9 Å². The highest BCUT2D eigenvalue weighted by atomic mass is 19.1. The lowest BCUT2D eigenvalue weighted by molar-refractivity contribution is 0.0950. The maximum Gasteiger partial charge on any atom is 0.251 e. The lowest BCUT2D eigenvalue weighted by Crippen LogP contribution is -2.24. The van der Waals surface area contributed by atoms with E-state index in [-0.39, 0.29) is 23.9 Å². The molecule has 0 aliphatic carbocycles. The minimum absolute atomic E-state index is 0.0652. The molecule has 4 rings (SSSR count). The summed E-state index contributed by atoms with van der Waals surface area (Å²) in [7, 11) is 3.22. The van der Waals surface area contributed by atoms with E-state index in [0.29, 0.717) is 29.5 Å². The summed E-state index contributed by atoms with van der Waals surface area (Å²) in [6.45, 7) is 0.322. The van der Waals surface area contributed by atoms with Gasteiger partial charge >= 0.3 is 0 Å². The molecule has 168 valence electrons. The number of benzene rings is 1. The van der Waals surface area contributed by atoms with Crippen molar-refractivity contribution in [2.75, 3.05) is 12.4 Å². The quantitative estimate of drug-likeness (QED) is 0.422. The molecule has 4 aromatic rings. The summed E-state index contributed by atoms with van der Waals surface area (Å²) in [5, 5.41) is 14.3. The normalized spacial score (nSPS) is 10.6. The van der Waals surface area contributed by atoms with Crippen LogP contribution in [0, 0.1) is 5.82 Å². The second-order valence-corrected chi connectivity index (χ2v) is 6.98. The van der Waals surface area contributed by atoms with Gasteiger partial charge in [-0.2, -0.15) is 0 Å². The van der Waals surface area contributed by atoms with Crippen molar-refractivity contribution in [3.63, 3.8) is 0 Å². The average Bonchev–Trinajstić information content (AvgIpc) is 3.22. The number of methoxy groups -OCH3 is 1. The summed E-state index contributed by atoms with van der Waals surface area (Å²) in [4.78, 5) is 24.6. The zero-order chi connectivity index (χ0) is 23.2. The third-order valence-corrected chi connectivity index (χ3v) is 4.91. The molecule has 3 heterocycles. The van der Waals surface area contributed by atoms with Crippen LogP contribution < -0.4 is 15.4 Å². The Labute approximate surface area is 188 Å². The first-order valence-corrected chi connectivity index (χ1v) is 10.0. The van der Waals surface area contributed by atoms with Crippen LogP contribution in [0.5, 0.6) is 5.75 Å². The predicted octanol–water partition coefficient (Wildman–Crippen LogP) is 2.36. The molecule has 0 saturated heterocycles. The molecular formula is C22H21FN8O2. The molecule has 0 aliphatic rings. The van der Waals surface area contributed by atoms with Crippen LogP contribution in [0.25, 0.3) is 11.5 Å². The molecule has 10 nitrogen and oxygen atoms in total. The molecular weight excluding hydrogens is 427 g/mol. The van der Waals surface area contributed by atoms with Gasteiger partial charge in [-0.3, -0.25) is 9.78 Å². The van der Waals surface area contributed by atoms with E-state index in [4.69, 9.17) is 4.74 Å². The Hall–Kier alpha value is -4.41. The van der Waals surface area contributed by atoms with Gasteiger partial charge in [0.05, 0.1) is 25.9 Å². The van der Waals surface area contributed by atoms with Crippen molar-refractivity contribution in [1.29, 1.82) is 0 Å². The van der Waals surface area contributed by atoms with Crippen LogP contribution in [0.3, 0.4) is 0 Å². The molecule has 0 saturated carbocycles. The van der Waals surface area contributed by atoms with Gasteiger partial charge < -0.3 is 19.9 Å². The molecule has 11 heteroatoms. The van der Waals surface area contributed by atoms with Crippen molar-refractivity contribution in [3.05, 3.63) is 78.0 Å². The number of nitrogens with zero attached hydrogens (tertiary/aromatic N) is 6. The Morgan fingerprint density at radius 2 is 2.00 bits per heavy atom. The van der Waals surface area contributed by atoms with Gasteiger partial charge in [-0.05, 0) is 24.3 Å². The highest BCUT2D eigenvalue weighted by Crippen LogP contribution is 2.18. The fourth-order valence-electron chi connectivity index (χ4n) is 3.13. The van der Waals surface area contributed by atoms with E-state index in [1.54, 1.807) is 30.5 Å². The third kappa shape index (κ3) is 4.92. The van der Waals surface area contributed by atoms with E-state index >= 15 is 0 Å². The topological polar surface area (TPSA) is 120 Å². The summed E-state index contributed by atoms with van der Waals surface area (Å²) < 4.78 is 21.0. The highest BCUT2D eigenvalue weighted by Gasteiger charge is 2.14. The average molecular weight is 448 g/mol. The largest absolute Gasteiger partial charge is 0.494 e. The summed E-state index contributed by atoms with van der Waals surface area (Å²) in [5.74, 6) is 0.443. The van der Waals surface area contributed by atoms with Crippen molar-refractivity contribution in [3.8, 4) is 17.3 Å². The van der Waals surface area contributed by atoms with E-state index in [0.717, 1.165) is 5.69 Å². The van der Waals surface area contributed by atoms with Gasteiger partial charge in [0, 0.05) is 36.8 Å². The molecule has 0 unspecified atom stereocenters. The Balaban J connectivity index is 1.39. The maximum atomic E-state index is 14.2. The number of carbonyl (C=O) groups is 1. The first-order valence-electron chi connectivity index (χ1n) is 10.0. The van der Waals surface area contributed by atoms with Gasteiger partial charge in [0.1, 0.15) is 12.0 Å². The number of pyridine rings is 1. The SMILES string of the molecule is COc1ccnc(CNC(=O)c2cccc(NCc3nnc(-c4ccncn4)n3C)c2)c1F. The van der Waals surface area contributed by atoms with E-state index in [1.165, 1.54) is 25.7 Å². The second kappa shape index (κ2) is 9.81. The lowest BCUT2D eigenvalue weighted by atomic mass is 10.2. The van der Waals surface area contributed by atoms with E-state index in [2.05, 4.69) is 35.8 Å². The first kappa shape index (κ1) is 21.8. The number of hydrogen-bond acceptors (Lipinski definition) is 8. The maximum absolute atomic E-state index is 14.2. The predicted molar refractivity (Wildman–Crippen MR) is 118 cm³/mol. The van der Waals surface area contributed by atoms with Crippen molar-refractivity contribution in [2.24, 2.45) is 7.05 Å². The summed E-state index contributed by atoms with van der Waals surface area (Å²) >= 11 is 0. The van der Waals surface area contributed by atoms with E-state index in [9.17, 15) is 9.18 Å². The molecule has 3 aromatic heterocycles. The van der Waals surface area contributed by atoms with Crippen LogP contribution in [0.1, 0.15) is 21.9 Å². The summed E-state index contributed by atoms with van der Waals surface area (Å²) in [6.07, 6.45) is 4.53. The molecule has 0 bridgehead atoms.